The van der Waals surface area contributed by atoms with Crippen molar-refractivity contribution in [3.8, 4) is 5.69 Å². The first-order chi connectivity index (χ1) is 12.8. The Bertz CT molecular complexity index is 926. The van der Waals surface area contributed by atoms with E-state index in [0.717, 1.165) is 33.8 Å². The minimum Gasteiger partial charge on any atom is -0.348 e. The summed E-state index contributed by atoms with van der Waals surface area (Å²) in [4.78, 5) is 12.5. The molecule has 27 heavy (non-hydrogen) atoms. The predicted octanol–water partition coefficient (Wildman–Crippen LogP) is 3.67. The number of carbonyl (C=O) groups is 1. The van der Waals surface area contributed by atoms with Crippen LogP contribution in [0.4, 0.5) is 0 Å². The van der Waals surface area contributed by atoms with Gasteiger partial charge < -0.3 is 11.1 Å². The Balaban J connectivity index is 1.68. The van der Waals surface area contributed by atoms with Crippen LogP contribution in [0.1, 0.15) is 47.1 Å². The quantitative estimate of drug-likeness (QED) is 0.727. The maximum Gasteiger partial charge on any atom is 0.241 e. The van der Waals surface area contributed by atoms with Crippen molar-refractivity contribution in [2.24, 2.45) is 5.73 Å². The summed E-state index contributed by atoms with van der Waals surface area (Å²) >= 11 is 0. The van der Waals surface area contributed by atoms with Crippen LogP contribution in [-0.2, 0) is 4.79 Å². The van der Waals surface area contributed by atoms with Crippen LogP contribution in [0.5, 0.6) is 0 Å². The normalized spacial score (nSPS) is 13.2. The molecule has 2 aromatic carbocycles. The van der Waals surface area contributed by atoms with Gasteiger partial charge in [-0.15, -0.1) is 0 Å². The molecule has 0 bridgehead atoms. The molecule has 0 aliphatic rings. The SMILES string of the molecule is Cc1ccc(C(N)C(=O)NC(C)c2ccc(-n3nc(C)cc3C)cc2)cc1. The fourth-order valence-electron chi connectivity index (χ4n) is 3.11. The molecule has 0 saturated heterocycles. The zero-order chi connectivity index (χ0) is 19.6. The Morgan fingerprint density at radius 3 is 2.15 bits per heavy atom. The van der Waals surface area contributed by atoms with Gasteiger partial charge in [0.25, 0.3) is 0 Å². The third-order valence-electron chi connectivity index (χ3n) is 4.72. The van der Waals surface area contributed by atoms with Crippen molar-refractivity contribution in [2.75, 3.05) is 0 Å². The number of aromatic nitrogens is 2. The van der Waals surface area contributed by atoms with E-state index in [1.807, 2.05) is 87.0 Å². The minimum absolute atomic E-state index is 0.136. The van der Waals surface area contributed by atoms with Crippen molar-refractivity contribution in [3.63, 3.8) is 0 Å². The molecule has 3 aromatic rings. The molecule has 3 N–H and O–H groups in total. The van der Waals surface area contributed by atoms with E-state index >= 15 is 0 Å². The number of rotatable bonds is 5. The van der Waals surface area contributed by atoms with Gasteiger partial charge in [-0.2, -0.15) is 5.10 Å². The number of nitrogens with two attached hydrogens (primary N) is 1. The van der Waals surface area contributed by atoms with Gasteiger partial charge in [-0.05, 0) is 57.0 Å². The number of nitrogens with one attached hydrogen (secondary N) is 1. The highest BCUT2D eigenvalue weighted by Crippen LogP contribution is 2.19. The van der Waals surface area contributed by atoms with Gasteiger partial charge in [0.05, 0.1) is 17.4 Å². The molecule has 3 rings (SSSR count). The maximum absolute atomic E-state index is 12.5. The van der Waals surface area contributed by atoms with Gasteiger partial charge in [-0.1, -0.05) is 42.0 Å². The van der Waals surface area contributed by atoms with E-state index in [9.17, 15) is 4.79 Å². The molecule has 0 saturated carbocycles. The van der Waals surface area contributed by atoms with Crippen molar-refractivity contribution in [1.82, 2.24) is 15.1 Å². The molecule has 1 heterocycles. The summed E-state index contributed by atoms with van der Waals surface area (Å²) in [5.74, 6) is -0.186. The molecule has 0 spiro atoms. The van der Waals surface area contributed by atoms with Crippen LogP contribution in [0.25, 0.3) is 5.69 Å². The highest BCUT2D eigenvalue weighted by molar-refractivity contribution is 5.83. The monoisotopic (exact) mass is 362 g/mol. The van der Waals surface area contributed by atoms with E-state index in [4.69, 9.17) is 5.73 Å². The van der Waals surface area contributed by atoms with Crippen LogP contribution in [0.3, 0.4) is 0 Å². The lowest BCUT2D eigenvalue weighted by molar-refractivity contribution is -0.123. The number of aryl methyl sites for hydroxylation is 3. The van der Waals surface area contributed by atoms with Crippen LogP contribution in [0, 0.1) is 20.8 Å². The number of carbonyl (C=O) groups excluding carboxylic acids is 1. The van der Waals surface area contributed by atoms with E-state index in [2.05, 4.69) is 10.4 Å². The number of benzene rings is 2. The van der Waals surface area contributed by atoms with Crippen LogP contribution < -0.4 is 11.1 Å². The zero-order valence-electron chi connectivity index (χ0n) is 16.2. The van der Waals surface area contributed by atoms with Crippen molar-refractivity contribution in [1.29, 1.82) is 0 Å². The third kappa shape index (κ3) is 4.26. The molecule has 0 aliphatic carbocycles. The Hall–Kier alpha value is -2.92. The molecule has 140 valence electrons. The molecule has 5 heteroatoms. The van der Waals surface area contributed by atoms with E-state index in [0.29, 0.717) is 0 Å². The molecule has 1 aromatic heterocycles. The molecule has 0 fully saturated rings. The van der Waals surface area contributed by atoms with Crippen molar-refractivity contribution >= 4 is 5.91 Å². The molecule has 0 aliphatic heterocycles. The smallest absolute Gasteiger partial charge is 0.241 e. The molecular weight excluding hydrogens is 336 g/mol. The Morgan fingerprint density at radius 1 is 1.00 bits per heavy atom. The maximum atomic E-state index is 12.5. The van der Waals surface area contributed by atoms with Crippen LogP contribution in [0.15, 0.2) is 54.6 Å². The second-order valence-electron chi connectivity index (χ2n) is 7.05. The summed E-state index contributed by atoms with van der Waals surface area (Å²) in [6.45, 7) is 7.97. The number of amides is 1. The fourth-order valence-corrected chi connectivity index (χ4v) is 3.11. The van der Waals surface area contributed by atoms with Crippen molar-refractivity contribution < 1.29 is 4.79 Å². The highest BCUT2D eigenvalue weighted by Gasteiger charge is 2.18. The summed E-state index contributed by atoms with van der Waals surface area (Å²) in [5.41, 5.74) is 12.2. The van der Waals surface area contributed by atoms with E-state index in [1.54, 1.807) is 0 Å². The first-order valence-corrected chi connectivity index (χ1v) is 9.11. The first kappa shape index (κ1) is 18.9. The Morgan fingerprint density at radius 2 is 1.59 bits per heavy atom. The third-order valence-corrected chi connectivity index (χ3v) is 4.72. The molecule has 2 atom stereocenters. The lowest BCUT2D eigenvalue weighted by Gasteiger charge is -2.18. The summed E-state index contributed by atoms with van der Waals surface area (Å²) in [6, 6.07) is 17.0. The molecular formula is C22H26N4O. The Kier molecular flexibility index (Phi) is 5.42. The highest BCUT2D eigenvalue weighted by atomic mass is 16.2. The standard InChI is InChI=1S/C22H26N4O/c1-14-5-7-19(8-6-14)21(23)22(27)24-17(4)18-9-11-20(12-10-18)26-16(3)13-15(2)25-26/h5-13,17,21H,23H2,1-4H3,(H,24,27). The van der Waals surface area contributed by atoms with Gasteiger partial charge in [0.2, 0.25) is 5.91 Å². The molecule has 1 amide bonds. The second kappa shape index (κ2) is 7.76. The average molecular weight is 362 g/mol. The Labute approximate surface area is 160 Å². The lowest BCUT2D eigenvalue weighted by Crippen LogP contribution is -2.35. The van der Waals surface area contributed by atoms with E-state index in [-0.39, 0.29) is 11.9 Å². The average Bonchev–Trinajstić information content (AvgIpc) is 3.00. The van der Waals surface area contributed by atoms with Crippen molar-refractivity contribution in [2.45, 2.75) is 39.8 Å². The van der Waals surface area contributed by atoms with Crippen LogP contribution in [-0.4, -0.2) is 15.7 Å². The molecule has 5 nitrogen and oxygen atoms in total. The number of nitrogens with zero attached hydrogens (tertiary/aromatic N) is 2. The first-order valence-electron chi connectivity index (χ1n) is 9.11. The minimum atomic E-state index is -0.679. The van der Waals surface area contributed by atoms with Gasteiger partial charge in [-0.3, -0.25) is 4.79 Å². The summed E-state index contributed by atoms with van der Waals surface area (Å²) in [6.07, 6.45) is 0. The van der Waals surface area contributed by atoms with Gasteiger partial charge in [0.1, 0.15) is 6.04 Å². The van der Waals surface area contributed by atoms with Crippen LogP contribution in [0.2, 0.25) is 0 Å². The summed E-state index contributed by atoms with van der Waals surface area (Å²) in [7, 11) is 0. The largest absolute Gasteiger partial charge is 0.348 e. The number of hydrogen-bond acceptors (Lipinski definition) is 3. The van der Waals surface area contributed by atoms with Gasteiger partial charge in [-0.25, -0.2) is 4.68 Å². The van der Waals surface area contributed by atoms with Gasteiger partial charge >= 0.3 is 0 Å². The fraction of sp³-hybridized carbons (Fsp3) is 0.273. The topological polar surface area (TPSA) is 72.9 Å². The zero-order valence-corrected chi connectivity index (χ0v) is 16.2. The molecule has 2 unspecified atom stereocenters. The summed E-state index contributed by atoms with van der Waals surface area (Å²) < 4.78 is 1.91. The van der Waals surface area contributed by atoms with Crippen molar-refractivity contribution in [3.05, 3.63) is 82.7 Å². The van der Waals surface area contributed by atoms with E-state index < -0.39 is 6.04 Å². The second-order valence-corrected chi connectivity index (χ2v) is 7.05. The summed E-state index contributed by atoms with van der Waals surface area (Å²) in [5, 5.41) is 7.49. The lowest BCUT2D eigenvalue weighted by atomic mass is 10.0. The van der Waals surface area contributed by atoms with Crippen LogP contribution >= 0.6 is 0 Å². The van der Waals surface area contributed by atoms with E-state index in [1.165, 1.54) is 0 Å². The number of hydrogen-bond donors (Lipinski definition) is 2. The van der Waals surface area contributed by atoms with Gasteiger partial charge in [0, 0.05) is 5.69 Å². The van der Waals surface area contributed by atoms with Gasteiger partial charge in [0.15, 0.2) is 0 Å². The predicted molar refractivity (Wildman–Crippen MR) is 108 cm³/mol. The molecule has 0 radical (unpaired) electrons.